The fourth-order valence-electron chi connectivity index (χ4n) is 5.90. The summed E-state index contributed by atoms with van der Waals surface area (Å²) in [6.07, 6.45) is 5.94. The Hall–Kier alpha value is -5.09. The van der Waals surface area contributed by atoms with Gasteiger partial charge in [-0.15, -0.1) is 0 Å². The number of pyridine rings is 1. The van der Waals surface area contributed by atoms with Crippen LogP contribution in [0.15, 0.2) is 77.2 Å². The van der Waals surface area contributed by atoms with Crippen LogP contribution < -0.4 is 16.2 Å². The van der Waals surface area contributed by atoms with Crippen LogP contribution in [0, 0.1) is 0 Å². The maximum Gasteiger partial charge on any atom is 0.290 e. The zero-order valence-electron chi connectivity index (χ0n) is 27.3. The summed E-state index contributed by atoms with van der Waals surface area (Å²) in [4.78, 5) is 45.7. The molecule has 6 rings (SSSR count). The first-order valence-electron chi connectivity index (χ1n) is 16.0. The number of morpholine rings is 1. The molecule has 0 unspecified atom stereocenters. The summed E-state index contributed by atoms with van der Waals surface area (Å²) in [6, 6.07) is 18.1. The maximum atomic E-state index is 13.1. The van der Waals surface area contributed by atoms with Gasteiger partial charge in [-0.25, -0.2) is 9.67 Å². The lowest BCUT2D eigenvalue weighted by Crippen LogP contribution is -2.36. The number of nitrogens with zero attached hydrogens (tertiary/aromatic N) is 4. The molecule has 2 aliphatic rings. The van der Waals surface area contributed by atoms with E-state index in [2.05, 4.69) is 46.4 Å². The number of nitrogens with one attached hydrogen (secondary N) is 2. The first-order chi connectivity index (χ1) is 22.6. The summed E-state index contributed by atoms with van der Waals surface area (Å²) in [5.41, 5.74) is 6.69. The van der Waals surface area contributed by atoms with E-state index in [0.29, 0.717) is 47.8 Å². The standard InChI is InChI=1S/C37H40N6O4/c1-37(2,3)27-14-11-25(12-15-27)35(45)40-30-10-6-9-28(29(30)23-44)31-21-32(36(46)42(4)41-31)39-33-16-13-26(22-38-33)34(24-7-5-8-24)43-17-19-47-20-18-43/h6,9-16,21-23H,5,7-8,17-20H2,1-4H3,(H,38,39)(H,40,45). The minimum absolute atomic E-state index is 0.0378. The highest BCUT2D eigenvalue weighted by molar-refractivity contribution is 6.07. The van der Waals surface area contributed by atoms with Crippen molar-refractivity contribution in [3.8, 4) is 11.3 Å². The highest BCUT2D eigenvalue weighted by Gasteiger charge is 2.23. The molecule has 1 aliphatic heterocycles. The highest BCUT2D eigenvalue weighted by atomic mass is 16.5. The second-order valence-electron chi connectivity index (χ2n) is 13.0. The van der Waals surface area contributed by atoms with E-state index >= 15 is 0 Å². The van der Waals surface area contributed by atoms with Crippen molar-refractivity contribution < 1.29 is 14.3 Å². The van der Waals surface area contributed by atoms with Crippen molar-refractivity contribution in [3.05, 3.63) is 105 Å². The van der Waals surface area contributed by atoms with Crippen molar-refractivity contribution in [1.29, 1.82) is 0 Å². The Bertz CT molecular complexity index is 1880. The molecule has 2 aromatic heterocycles. The molecule has 0 radical (unpaired) electrons. The van der Waals surface area contributed by atoms with Crippen LogP contribution in [0.25, 0.3) is 17.0 Å². The van der Waals surface area contributed by atoms with E-state index in [-0.39, 0.29) is 28.1 Å². The molecule has 1 saturated carbocycles. The number of anilines is 3. The van der Waals surface area contributed by atoms with E-state index in [1.165, 1.54) is 22.4 Å². The van der Waals surface area contributed by atoms with Gasteiger partial charge < -0.3 is 20.3 Å². The van der Waals surface area contributed by atoms with Gasteiger partial charge in [0.1, 0.15) is 11.5 Å². The molecule has 10 nitrogen and oxygen atoms in total. The lowest BCUT2D eigenvalue weighted by molar-refractivity contribution is 0.0634. The average molecular weight is 633 g/mol. The van der Waals surface area contributed by atoms with Crippen LogP contribution in [-0.2, 0) is 17.2 Å². The topological polar surface area (TPSA) is 118 Å². The molecule has 47 heavy (non-hydrogen) atoms. The summed E-state index contributed by atoms with van der Waals surface area (Å²) >= 11 is 0. The number of benzene rings is 2. The third-order valence-electron chi connectivity index (χ3n) is 8.74. The van der Waals surface area contributed by atoms with Crippen molar-refractivity contribution in [2.75, 3.05) is 36.9 Å². The second kappa shape index (κ2) is 13.3. The van der Waals surface area contributed by atoms with Crippen molar-refractivity contribution >= 4 is 35.1 Å². The molecular weight excluding hydrogens is 592 g/mol. The molecular formula is C37H40N6O4. The van der Waals surface area contributed by atoms with Crippen LogP contribution >= 0.6 is 0 Å². The molecule has 0 atom stereocenters. The summed E-state index contributed by atoms with van der Waals surface area (Å²) in [5.74, 6) is 0.178. The number of ether oxygens (including phenoxy) is 1. The molecule has 2 aromatic carbocycles. The normalized spacial score (nSPS) is 14.7. The van der Waals surface area contributed by atoms with Gasteiger partial charge in [0.25, 0.3) is 11.5 Å². The minimum atomic E-state index is -0.346. The first-order valence-corrected chi connectivity index (χ1v) is 16.0. The Morgan fingerprint density at radius 1 is 0.957 bits per heavy atom. The summed E-state index contributed by atoms with van der Waals surface area (Å²) in [6.45, 7) is 9.47. The van der Waals surface area contributed by atoms with Gasteiger partial charge in [-0.3, -0.25) is 14.4 Å². The predicted molar refractivity (Wildman–Crippen MR) is 184 cm³/mol. The zero-order valence-corrected chi connectivity index (χ0v) is 27.3. The minimum Gasteiger partial charge on any atom is -0.378 e. The van der Waals surface area contributed by atoms with E-state index in [9.17, 15) is 14.4 Å². The number of hydrogen-bond acceptors (Lipinski definition) is 8. The maximum absolute atomic E-state index is 13.1. The molecule has 3 heterocycles. The lowest BCUT2D eigenvalue weighted by atomic mass is 9.86. The molecule has 1 amide bonds. The molecule has 1 aliphatic carbocycles. The molecule has 242 valence electrons. The summed E-state index contributed by atoms with van der Waals surface area (Å²) in [7, 11) is 1.56. The second-order valence-corrected chi connectivity index (χ2v) is 13.0. The van der Waals surface area contributed by atoms with Crippen molar-refractivity contribution in [3.63, 3.8) is 0 Å². The quantitative estimate of drug-likeness (QED) is 0.221. The number of hydrogen-bond donors (Lipinski definition) is 2. The SMILES string of the molecule is Cn1nc(-c2cccc(NC(=O)c3ccc(C(C)(C)C)cc3)c2C=O)cc(Nc2ccc(C(=C3CCC3)N3CCOCC3)cn2)c1=O. The first kappa shape index (κ1) is 31.9. The predicted octanol–water partition coefficient (Wildman–Crippen LogP) is 6.18. The number of carbonyl (C=O) groups is 2. The Kier molecular flexibility index (Phi) is 9.04. The smallest absolute Gasteiger partial charge is 0.290 e. The van der Waals surface area contributed by atoms with Gasteiger partial charge in [0.2, 0.25) is 0 Å². The van der Waals surface area contributed by atoms with E-state index in [1.54, 1.807) is 43.4 Å². The van der Waals surface area contributed by atoms with E-state index in [1.807, 2.05) is 30.5 Å². The van der Waals surface area contributed by atoms with Crippen molar-refractivity contribution in [2.45, 2.75) is 45.4 Å². The lowest BCUT2D eigenvalue weighted by Gasteiger charge is -2.35. The number of allylic oxidation sites excluding steroid dienone is 1. The van der Waals surface area contributed by atoms with Gasteiger partial charge in [-0.2, -0.15) is 5.10 Å². The van der Waals surface area contributed by atoms with E-state index < -0.39 is 0 Å². The molecule has 4 aromatic rings. The number of carbonyl (C=O) groups excluding carboxylic acids is 2. The van der Waals surface area contributed by atoms with Crippen molar-refractivity contribution in [2.24, 2.45) is 7.05 Å². The van der Waals surface area contributed by atoms with E-state index in [0.717, 1.165) is 37.1 Å². The van der Waals surface area contributed by atoms with Crippen LogP contribution in [-0.4, -0.2) is 58.2 Å². The Morgan fingerprint density at radius 3 is 2.30 bits per heavy atom. The number of aryl methyl sites for hydroxylation is 1. The molecule has 1 saturated heterocycles. The number of amides is 1. The van der Waals surface area contributed by atoms with Crippen LogP contribution in [0.2, 0.25) is 0 Å². The summed E-state index contributed by atoms with van der Waals surface area (Å²) in [5, 5.41) is 10.5. The van der Waals surface area contributed by atoms with Gasteiger partial charge >= 0.3 is 0 Å². The van der Waals surface area contributed by atoms with Gasteiger partial charge in [-0.05, 0) is 72.2 Å². The van der Waals surface area contributed by atoms with Crippen LogP contribution in [0.4, 0.5) is 17.2 Å². The molecule has 2 fully saturated rings. The van der Waals surface area contributed by atoms with Crippen LogP contribution in [0.5, 0.6) is 0 Å². The molecule has 0 spiro atoms. The Morgan fingerprint density at radius 2 is 1.68 bits per heavy atom. The van der Waals surface area contributed by atoms with Crippen molar-refractivity contribution in [1.82, 2.24) is 19.7 Å². The highest BCUT2D eigenvalue weighted by Crippen LogP contribution is 2.36. The van der Waals surface area contributed by atoms with Gasteiger partial charge in [0.05, 0.1) is 24.6 Å². The zero-order chi connectivity index (χ0) is 33.1. The van der Waals surface area contributed by atoms with Gasteiger partial charge in [-0.1, -0.05) is 45.0 Å². The van der Waals surface area contributed by atoms with E-state index in [4.69, 9.17) is 4.74 Å². The third kappa shape index (κ3) is 6.88. The van der Waals surface area contributed by atoms with Crippen LogP contribution in [0.1, 0.15) is 71.9 Å². The Balaban J connectivity index is 1.25. The fraction of sp³-hybridized carbons (Fsp3) is 0.324. The number of aldehydes is 1. The van der Waals surface area contributed by atoms with Gasteiger partial charge in [0.15, 0.2) is 6.29 Å². The molecule has 0 bridgehead atoms. The largest absolute Gasteiger partial charge is 0.378 e. The third-order valence-corrected chi connectivity index (χ3v) is 8.74. The molecule has 2 N–H and O–H groups in total. The van der Waals surface area contributed by atoms with Crippen LogP contribution in [0.3, 0.4) is 0 Å². The number of rotatable bonds is 8. The number of aromatic nitrogens is 3. The molecule has 10 heteroatoms. The average Bonchev–Trinajstić information content (AvgIpc) is 3.05. The summed E-state index contributed by atoms with van der Waals surface area (Å²) < 4.78 is 6.79. The monoisotopic (exact) mass is 632 g/mol. The Labute approximate surface area is 274 Å². The van der Waals surface area contributed by atoms with Gasteiger partial charge in [0, 0.05) is 54.3 Å². The fourth-order valence-corrected chi connectivity index (χ4v) is 5.90.